The zero-order chi connectivity index (χ0) is 11.3. The molecular weight excluding hydrogens is 256 g/mol. The Morgan fingerprint density at radius 3 is 2.93 bits per heavy atom. The van der Waals surface area contributed by atoms with E-state index in [9.17, 15) is 0 Å². The summed E-state index contributed by atoms with van der Waals surface area (Å²) in [5.74, 6) is 0.867. The van der Waals surface area contributed by atoms with E-state index in [1.54, 1.807) is 6.92 Å². The summed E-state index contributed by atoms with van der Waals surface area (Å²) in [6.45, 7) is 4.65. The number of nitrogens with one attached hydrogen (secondary N) is 1. The van der Waals surface area contributed by atoms with E-state index >= 15 is 0 Å². The number of aromatic nitrogens is 1. The summed E-state index contributed by atoms with van der Waals surface area (Å²) in [5, 5.41) is 12.3. The molecule has 0 radical (unpaired) electrons. The molecule has 0 aliphatic heterocycles. The van der Waals surface area contributed by atoms with Gasteiger partial charge < -0.3 is 10.4 Å². The zero-order valence-corrected chi connectivity index (χ0v) is 10.7. The second-order valence-electron chi connectivity index (χ2n) is 3.76. The number of hydrogen-bond acceptors (Lipinski definition) is 3. The minimum absolute atomic E-state index is 0.221. The second-order valence-corrected chi connectivity index (χ2v) is 4.62. The van der Waals surface area contributed by atoms with Crippen LogP contribution in [0, 0.1) is 6.92 Å². The maximum absolute atomic E-state index is 9.09. The third-order valence-corrected chi connectivity index (χ3v) is 2.67. The highest BCUT2D eigenvalue weighted by molar-refractivity contribution is 9.10. The summed E-state index contributed by atoms with van der Waals surface area (Å²) in [7, 11) is 0. The smallest absolute Gasteiger partial charge is 0.140 e. The molecule has 0 amide bonds. The van der Waals surface area contributed by atoms with E-state index < -0.39 is 0 Å². The summed E-state index contributed by atoms with van der Waals surface area (Å²) in [6.07, 6.45) is 3.37. The molecule has 0 bridgehead atoms. The highest BCUT2D eigenvalue weighted by Gasteiger charge is 2.01. The monoisotopic (exact) mass is 272 g/mol. The van der Waals surface area contributed by atoms with Gasteiger partial charge in [-0.3, -0.25) is 0 Å². The molecule has 0 spiro atoms. The largest absolute Gasteiger partial charge is 0.393 e. The lowest BCUT2D eigenvalue weighted by molar-refractivity contribution is 0.183. The van der Waals surface area contributed by atoms with Crippen LogP contribution >= 0.6 is 15.9 Å². The van der Waals surface area contributed by atoms with E-state index in [0.717, 1.165) is 35.2 Å². The van der Waals surface area contributed by atoms with Crippen molar-refractivity contribution in [1.82, 2.24) is 4.98 Å². The number of rotatable bonds is 5. The fourth-order valence-corrected chi connectivity index (χ4v) is 1.87. The van der Waals surface area contributed by atoms with Gasteiger partial charge in [0.15, 0.2) is 0 Å². The van der Waals surface area contributed by atoms with Crippen LogP contribution in [-0.2, 0) is 0 Å². The number of pyridine rings is 1. The Hall–Kier alpha value is -0.610. The normalized spacial score (nSPS) is 12.5. The number of aliphatic hydroxyl groups is 1. The Kier molecular flexibility index (Phi) is 5.05. The van der Waals surface area contributed by atoms with E-state index in [0.29, 0.717) is 0 Å². The van der Waals surface area contributed by atoms with Gasteiger partial charge in [-0.1, -0.05) is 0 Å². The molecule has 1 unspecified atom stereocenters. The van der Waals surface area contributed by atoms with Crippen LogP contribution in [0.4, 0.5) is 5.82 Å². The molecule has 1 aromatic heterocycles. The molecule has 0 aliphatic rings. The lowest BCUT2D eigenvalue weighted by Crippen LogP contribution is -2.07. The van der Waals surface area contributed by atoms with E-state index in [1.165, 1.54) is 0 Å². The Morgan fingerprint density at radius 2 is 2.33 bits per heavy atom. The third kappa shape index (κ3) is 4.62. The van der Waals surface area contributed by atoms with Crippen LogP contribution in [0.25, 0.3) is 0 Å². The molecule has 2 N–H and O–H groups in total. The lowest BCUT2D eigenvalue weighted by Gasteiger charge is -2.08. The number of nitrogens with zero attached hydrogens (tertiary/aromatic N) is 1. The van der Waals surface area contributed by atoms with Crippen LogP contribution < -0.4 is 5.32 Å². The second kappa shape index (κ2) is 6.08. The average molecular weight is 273 g/mol. The first-order valence-corrected chi connectivity index (χ1v) is 5.93. The maximum atomic E-state index is 9.09. The van der Waals surface area contributed by atoms with Crippen LogP contribution in [0.2, 0.25) is 0 Å². The highest BCUT2D eigenvalue weighted by atomic mass is 79.9. The zero-order valence-electron chi connectivity index (χ0n) is 9.13. The Morgan fingerprint density at radius 1 is 1.60 bits per heavy atom. The van der Waals surface area contributed by atoms with Crippen LogP contribution in [0.3, 0.4) is 0 Å². The van der Waals surface area contributed by atoms with Gasteiger partial charge in [0.05, 0.1) is 10.6 Å². The molecule has 3 nitrogen and oxygen atoms in total. The van der Waals surface area contributed by atoms with Gasteiger partial charge in [-0.05, 0) is 54.2 Å². The van der Waals surface area contributed by atoms with Crippen molar-refractivity contribution in [3.63, 3.8) is 0 Å². The van der Waals surface area contributed by atoms with Gasteiger partial charge >= 0.3 is 0 Å². The predicted molar refractivity (Wildman–Crippen MR) is 66.1 cm³/mol. The molecule has 1 aromatic rings. The average Bonchev–Trinajstić information content (AvgIpc) is 2.14. The Labute approximate surface area is 99.1 Å². The predicted octanol–water partition coefficient (Wildman–Crippen LogP) is 2.73. The van der Waals surface area contributed by atoms with Gasteiger partial charge in [0, 0.05) is 12.7 Å². The van der Waals surface area contributed by atoms with Crippen molar-refractivity contribution >= 4 is 21.7 Å². The van der Waals surface area contributed by atoms with Crippen molar-refractivity contribution in [1.29, 1.82) is 0 Å². The van der Waals surface area contributed by atoms with Crippen LogP contribution in [0.1, 0.15) is 25.3 Å². The fraction of sp³-hybridized carbons (Fsp3) is 0.545. The van der Waals surface area contributed by atoms with Crippen molar-refractivity contribution < 1.29 is 5.11 Å². The van der Waals surface area contributed by atoms with Crippen LogP contribution in [0.15, 0.2) is 16.7 Å². The van der Waals surface area contributed by atoms with E-state index in [-0.39, 0.29) is 6.10 Å². The van der Waals surface area contributed by atoms with Gasteiger partial charge in [-0.25, -0.2) is 4.98 Å². The van der Waals surface area contributed by atoms with Crippen molar-refractivity contribution in [2.75, 3.05) is 11.9 Å². The van der Waals surface area contributed by atoms with Gasteiger partial charge in [0.2, 0.25) is 0 Å². The summed E-state index contributed by atoms with van der Waals surface area (Å²) in [4.78, 5) is 4.27. The van der Waals surface area contributed by atoms with Crippen LogP contribution in [-0.4, -0.2) is 22.7 Å². The topological polar surface area (TPSA) is 45.2 Å². The summed E-state index contributed by atoms with van der Waals surface area (Å²) >= 11 is 3.45. The van der Waals surface area contributed by atoms with Crippen molar-refractivity contribution in [2.45, 2.75) is 32.8 Å². The van der Waals surface area contributed by atoms with Gasteiger partial charge in [0.1, 0.15) is 5.82 Å². The molecule has 84 valence electrons. The quantitative estimate of drug-likeness (QED) is 0.811. The minimum atomic E-state index is -0.221. The number of aliphatic hydroxyl groups excluding tert-OH is 1. The number of halogens is 1. The molecule has 0 aliphatic carbocycles. The maximum Gasteiger partial charge on any atom is 0.140 e. The molecule has 0 fully saturated rings. The molecule has 0 saturated heterocycles. The van der Waals surface area contributed by atoms with Gasteiger partial charge in [-0.2, -0.15) is 0 Å². The molecule has 0 saturated carbocycles. The van der Waals surface area contributed by atoms with E-state index in [1.807, 2.05) is 19.2 Å². The standard InChI is InChI=1S/C11H17BrN2O/c1-8-6-10(12)11(14-7-8)13-5-3-4-9(2)15/h6-7,9,15H,3-5H2,1-2H3,(H,13,14). The first-order chi connectivity index (χ1) is 7.09. The van der Waals surface area contributed by atoms with Crippen molar-refractivity contribution in [2.24, 2.45) is 0 Å². The molecule has 15 heavy (non-hydrogen) atoms. The first kappa shape index (κ1) is 12.5. The summed E-state index contributed by atoms with van der Waals surface area (Å²) < 4.78 is 0.986. The highest BCUT2D eigenvalue weighted by Crippen LogP contribution is 2.20. The molecule has 0 aromatic carbocycles. The van der Waals surface area contributed by atoms with Gasteiger partial charge in [-0.15, -0.1) is 0 Å². The van der Waals surface area contributed by atoms with Crippen molar-refractivity contribution in [3.05, 3.63) is 22.3 Å². The SMILES string of the molecule is Cc1cnc(NCCCC(C)O)c(Br)c1. The molecule has 1 rings (SSSR count). The number of anilines is 1. The van der Waals surface area contributed by atoms with E-state index in [2.05, 4.69) is 26.2 Å². The van der Waals surface area contributed by atoms with E-state index in [4.69, 9.17) is 5.11 Å². The molecule has 4 heteroatoms. The summed E-state index contributed by atoms with van der Waals surface area (Å²) in [5.41, 5.74) is 1.14. The van der Waals surface area contributed by atoms with Crippen molar-refractivity contribution in [3.8, 4) is 0 Å². The molecule has 1 atom stereocenters. The van der Waals surface area contributed by atoms with Gasteiger partial charge in [0.25, 0.3) is 0 Å². The van der Waals surface area contributed by atoms with Crippen LogP contribution in [0.5, 0.6) is 0 Å². The fourth-order valence-electron chi connectivity index (χ4n) is 1.27. The molecular formula is C11H17BrN2O. The first-order valence-electron chi connectivity index (χ1n) is 5.13. The Bertz CT molecular complexity index is 315. The molecule has 1 heterocycles. The number of aryl methyl sites for hydroxylation is 1. The minimum Gasteiger partial charge on any atom is -0.393 e. The lowest BCUT2D eigenvalue weighted by atomic mass is 10.2. The number of hydrogen-bond donors (Lipinski definition) is 2. The third-order valence-electron chi connectivity index (χ3n) is 2.07. The Balaban J connectivity index is 2.37. The summed E-state index contributed by atoms with van der Waals surface area (Å²) in [6, 6.07) is 2.03.